The molecule has 0 bridgehead atoms. The van der Waals surface area contributed by atoms with E-state index in [0.29, 0.717) is 0 Å². The highest BCUT2D eigenvalue weighted by Gasteiger charge is 2.06. The van der Waals surface area contributed by atoms with Crippen LogP contribution in [0.2, 0.25) is 0 Å². The van der Waals surface area contributed by atoms with Crippen LogP contribution in [0.5, 0.6) is 0 Å². The maximum atomic E-state index is 11.7. The van der Waals surface area contributed by atoms with E-state index < -0.39 is 0 Å². The Morgan fingerprint density at radius 2 is 1.50 bits per heavy atom. The summed E-state index contributed by atoms with van der Waals surface area (Å²) in [5.41, 5.74) is 1.05. The number of hydrogen-bond acceptors (Lipinski definition) is 2. The first kappa shape index (κ1) is 12.7. The summed E-state index contributed by atoms with van der Waals surface area (Å²) in [7, 11) is 0. The average molecular weight is 254 g/mol. The molecule has 0 radical (unpaired) electrons. The average Bonchev–Trinajstić information content (AvgIpc) is 2.40. The molecule has 90 valence electrons. The van der Waals surface area contributed by atoms with Gasteiger partial charge >= 0.3 is 0 Å². The molecular weight excluding hydrogens is 240 g/mol. The fraction of sp³-hybridized carbons (Fsp3) is 0.0625. The van der Waals surface area contributed by atoms with Gasteiger partial charge in [-0.2, -0.15) is 0 Å². The normalized spacial score (nSPS) is 11.3. The number of hydrogen-bond donors (Lipinski definition) is 0. The molecule has 0 heterocycles. The van der Waals surface area contributed by atoms with Gasteiger partial charge in [0.15, 0.2) is 5.78 Å². The Kier molecular flexibility index (Phi) is 4.37. The number of rotatable bonds is 4. The van der Waals surface area contributed by atoms with Crippen LogP contribution in [0.3, 0.4) is 0 Å². The first-order chi connectivity index (χ1) is 8.75. The molecule has 1 nitrogen and oxygen atoms in total. The maximum Gasteiger partial charge on any atom is 0.166 e. The monoisotopic (exact) mass is 254 g/mol. The SMILES string of the molecule is CC(=O)/C(=C/c1ccccc1)Sc1ccccc1. The maximum absolute atomic E-state index is 11.7. The molecule has 2 aromatic carbocycles. The van der Waals surface area contributed by atoms with Crippen LogP contribution >= 0.6 is 11.8 Å². The summed E-state index contributed by atoms with van der Waals surface area (Å²) in [6, 6.07) is 19.8. The second-order valence-electron chi connectivity index (χ2n) is 3.89. The number of Topliss-reactive ketones (excluding diaryl/α,β-unsaturated/α-hetero) is 1. The van der Waals surface area contributed by atoms with Gasteiger partial charge in [0.2, 0.25) is 0 Å². The molecule has 0 aliphatic carbocycles. The molecule has 2 aromatic rings. The summed E-state index contributed by atoms with van der Waals surface area (Å²) >= 11 is 1.50. The van der Waals surface area contributed by atoms with Gasteiger partial charge in [-0.1, -0.05) is 60.3 Å². The number of thioether (sulfide) groups is 1. The van der Waals surface area contributed by atoms with Crippen molar-refractivity contribution in [2.24, 2.45) is 0 Å². The van der Waals surface area contributed by atoms with Crippen molar-refractivity contribution in [3.8, 4) is 0 Å². The number of allylic oxidation sites excluding steroid dienone is 1. The molecule has 0 aliphatic rings. The fourth-order valence-electron chi connectivity index (χ4n) is 1.52. The van der Waals surface area contributed by atoms with E-state index in [0.717, 1.165) is 15.4 Å². The van der Waals surface area contributed by atoms with Crippen LogP contribution in [-0.2, 0) is 4.79 Å². The van der Waals surface area contributed by atoms with Crippen molar-refractivity contribution in [3.05, 3.63) is 71.1 Å². The summed E-state index contributed by atoms with van der Waals surface area (Å²) in [5, 5.41) is 0. The standard InChI is InChI=1S/C16H14OS/c1-13(17)16(12-14-8-4-2-5-9-14)18-15-10-6-3-7-11-15/h2-12H,1H3/b16-12-. The third-order valence-electron chi connectivity index (χ3n) is 2.42. The van der Waals surface area contributed by atoms with Gasteiger partial charge in [-0.3, -0.25) is 4.79 Å². The molecule has 2 rings (SSSR count). The summed E-state index contributed by atoms with van der Waals surface area (Å²) in [6.45, 7) is 1.60. The van der Waals surface area contributed by atoms with Gasteiger partial charge in [-0.05, 0) is 30.7 Å². The first-order valence-corrected chi connectivity index (χ1v) is 6.58. The smallest absolute Gasteiger partial charge is 0.166 e. The van der Waals surface area contributed by atoms with Crippen molar-refractivity contribution in [3.63, 3.8) is 0 Å². The third-order valence-corrected chi connectivity index (χ3v) is 3.55. The summed E-state index contributed by atoms with van der Waals surface area (Å²) in [4.78, 5) is 13.5. The van der Waals surface area contributed by atoms with E-state index in [9.17, 15) is 4.79 Å². The second-order valence-corrected chi connectivity index (χ2v) is 5.01. The Bertz CT molecular complexity index is 544. The minimum atomic E-state index is 0.0905. The zero-order chi connectivity index (χ0) is 12.8. The van der Waals surface area contributed by atoms with Crippen LogP contribution < -0.4 is 0 Å². The van der Waals surface area contributed by atoms with E-state index in [1.54, 1.807) is 6.92 Å². The van der Waals surface area contributed by atoms with Crippen LogP contribution in [0, 0.1) is 0 Å². The lowest BCUT2D eigenvalue weighted by Crippen LogP contribution is -1.92. The molecule has 0 saturated carbocycles. The number of carbonyl (C=O) groups excluding carboxylic acids is 1. The van der Waals surface area contributed by atoms with Crippen LogP contribution in [0.1, 0.15) is 12.5 Å². The van der Waals surface area contributed by atoms with Crippen molar-refractivity contribution in [1.29, 1.82) is 0 Å². The molecule has 0 aliphatic heterocycles. The van der Waals surface area contributed by atoms with Crippen molar-refractivity contribution in [2.45, 2.75) is 11.8 Å². The lowest BCUT2D eigenvalue weighted by atomic mass is 10.2. The predicted octanol–water partition coefficient (Wildman–Crippen LogP) is 4.41. The minimum Gasteiger partial charge on any atom is -0.294 e. The highest BCUT2D eigenvalue weighted by molar-refractivity contribution is 8.04. The molecular formula is C16H14OS. The fourth-order valence-corrected chi connectivity index (χ4v) is 2.40. The van der Waals surface area contributed by atoms with Gasteiger partial charge in [-0.25, -0.2) is 0 Å². The van der Waals surface area contributed by atoms with Gasteiger partial charge in [0, 0.05) is 4.90 Å². The summed E-state index contributed by atoms with van der Waals surface area (Å²) in [6.07, 6.45) is 1.93. The Hall–Kier alpha value is -1.80. The Balaban J connectivity index is 2.25. The van der Waals surface area contributed by atoms with Gasteiger partial charge < -0.3 is 0 Å². The Labute approximate surface area is 112 Å². The van der Waals surface area contributed by atoms with Crippen LogP contribution in [0.25, 0.3) is 6.08 Å². The molecule has 0 unspecified atom stereocenters. The van der Waals surface area contributed by atoms with Crippen LogP contribution in [0.15, 0.2) is 70.5 Å². The zero-order valence-corrected chi connectivity index (χ0v) is 11.0. The van der Waals surface area contributed by atoms with Crippen molar-refractivity contribution >= 4 is 23.6 Å². The second kappa shape index (κ2) is 6.22. The molecule has 0 fully saturated rings. The van der Waals surface area contributed by atoms with E-state index in [-0.39, 0.29) is 5.78 Å². The highest BCUT2D eigenvalue weighted by Crippen LogP contribution is 2.28. The van der Waals surface area contributed by atoms with Gasteiger partial charge in [-0.15, -0.1) is 0 Å². The Morgan fingerprint density at radius 1 is 0.944 bits per heavy atom. The lowest BCUT2D eigenvalue weighted by Gasteiger charge is -2.03. The lowest BCUT2D eigenvalue weighted by molar-refractivity contribution is -0.112. The van der Waals surface area contributed by atoms with E-state index in [1.807, 2.05) is 66.7 Å². The third kappa shape index (κ3) is 3.60. The van der Waals surface area contributed by atoms with E-state index in [2.05, 4.69) is 0 Å². The highest BCUT2D eigenvalue weighted by atomic mass is 32.2. The van der Waals surface area contributed by atoms with E-state index in [4.69, 9.17) is 0 Å². The largest absolute Gasteiger partial charge is 0.294 e. The van der Waals surface area contributed by atoms with Gasteiger partial charge in [0.05, 0.1) is 4.91 Å². The van der Waals surface area contributed by atoms with E-state index in [1.165, 1.54) is 11.8 Å². The molecule has 0 aromatic heterocycles. The van der Waals surface area contributed by atoms with E-state index >= 15 is 0 Å². The number of carbonyl (C=O) groups is 1. The molecule has 0 amide bonds. The molecule has 2 heteroatoms. The van der Waals surface area contributed by atoms with Gasteiger partial charge in [0.1, 0.15) is 0 Å². The summed E-state index contributed by atoms with van der Waals surface area (Å²) in [5.74, 6) is 0.0905. The number of ketones is 1. The Morgan fingerprint density at radius 3 is 2.06 bits per heavy atom. The summed E-state index contributed by atoms with van der Waals surface area (Å²) < 4.78 is 0. The molecule has 0 atom stereocenters. The predicted molar refractivity (Wildman–Crippen MR) is 77.4 cm³/mol. The number of benzene rings is 2. The quantitative estimate of drug-likeness (QED) is 0.594. The zero-order valence-electron chi connectivity index (χ0n) is 10.2. The van der Waals surface area contributed by atoms with Crippen molar-refractivity contribution in [2.75, 3.05) is 0 Å². The van der Waals surface area contributed by atoms with Crippen molar-refractivity contribution in [1.82, 2.24) is 0 Å². The van der Waals surface area contributed by atoms with Crippen LogP contribution in [-0.4, -0.2) is 5.78 Å². The van der Waals surface area contributed by atoms with Gasteiger partial charge in [0.25, 0.3) is 0 Å². The first-order valence-electron chi connectivity index (χ1n) is 5.76. The molecule has 0 saturated heterocycles. The minimum absolute atomic E-state index is 0.0905. The van der Waals surface area contributed by atoms with Crippen molar-refractivity contribution < 1.29 is 4.79 Å². The van der Waals surface area contributed by atoms with Crippen LogP contribution in [0.4, 0.5) is 0 Å². The molecule has 18 heavy (non-hydrogen) atoms. The molecule has 0 N–H and O–H groups in total. The topological polar surface area (TPSA) is 17.1 Å². The molecule has 0 spiro atoms.